The highest BCUT2D eigenvalue weighted by atomic mass is 79.9. The summed E-state index contributed by atoms with van der Waals surface area (Å²) in [6.45, 7) is 1.62. The van der Waals surface area contributed by atoms with Gasteiger partial charge in [-0.2, -0.15) is 0 Å². The third-order valence-corrected chi connectivity index (χ3v) is 3.40. The number of benzene rings is 2. The zero-order valence-electron chi connectivity index (χ0n) is 11.0. The van der Waals surface area contributed by atoms with Crippen LogP contribution in [-0.2, 0) is 0 Å². The molecule has 2 aromatic rings. The Bertz CT molecular complexity index is 731. The normalized spacial score (nSPS) is 10.2. The van der Waals surface area contributed by atoms with Crippen LogP contribution in [0.3, 0.4) is 0 Å². The molecule has 0 spiro atoms. The highest BCUT2D eigenvalue weighted by molar-refractivity contribution is 9.10. The second-order valence-corrected chi connectivity index (χ2v) is 5.30. The van der Waals surface area contributed by atoms with Gasteiger partial charge in [0.1, 0.15) is 5.82 Å². The molecule has 4 nitrogen and oxygen atoms in total. The second-order valence-electron chi connectivity index (χ2n) is 4.38. The number of nitrogens with one attached hydrogen (secondary N) is 1. The zero-order valence-corrected chi connectivity index (χ0v) is 12.6. The molecule has 6 heteroatoms. The first-order chi connectivity index (χ1) is 9.90. The molecule has 0 radical (unpaired) electrons. The minimum absolute atomic E-state index is 0.0108. The molecule has 2 aromatic carbocycles. The fourth-order valence-corrected chi connectivity index (χ4v) is 2.25. The average Bonchev–Trinajstić information content (AvgIpc) is 2.37. The standard InChI is InChI=1S/C15H11BrFNO3/c1-8-3-2-4-12(13(8)15(20)21)18-14(19)10-6-5-9(16)7-11(10)17/h2-7H,1H3,(H,18,19)(H,20,21). The molecule has 0 bridgehead atoms. The lowest BCUT2D eigenvalue weighted by atomic mass is 10.1. The SMILES string of the molecule is Cc1cccc(NC(=O)c2ccc(Br)cc2F)c1C(=O)O. The van der Waals surface area contributed by atoms with E-state index in [2.05, 4.69) is 21.2 Å². The van der Waals surface area contributed by atoms with Crippen molar-refractivity contribution in [2.24, 2.45) is 0 Å². The highest BCUT2D eigenvalue weighted by Gasteiger charge is 2.17. The van der Waals surface area contributed by atoms with E-state index in [1.807, 2.05) is 0 Å². The number of hydrogen-bond donors (Lipinski definition) is 2. The van der Waals surface area contributed by atoms with Crippen LogP contribution in [0.5, 0.6) is 0 Å². The Morgan fingerprint density at radius 3 is 2.57 bits per heavy atom. The van der Waals surface area contributed by atoms with E-state index in [0.29, 0.717) is 10.0 Å². The van der Waals surface area contributed by atoms with Gasteiger partial charge in [-0.1, -0.05) is 28.1 Å². The van der Waals surface area contributed by atoms with Gasteiger partial charge in [-0.15, -0.1) is 0 Å². The van der Waals surface area contributed by atoms with Crippen molar-refractivity contribution in [1.29, 1.82) is 0 Å². The maximum Gasteiger partial charge on any atom is 0.338 e. The molecule has 0 fully saturated rings. The van der Waals surface area contributed by atoms with Gasteiger partial charge in [-0.05, 0) is 36.8 Å². The molecule has 0 aliphatic heterocycles. The molecule has 2 N–H and O–H groups in total. The maximum absolute atomic E-state index is 13.7. The summed E-state index contributed by atoms with van der Waals surface area (Å²) in [7, 11) is 0. The van der Waals surface area contributed by atoms with E-state index < -0.39 is 17.7 Å². The summed E-state index contributed by atoms with van der Waals surface area (Å²) in [5.74, 6) is -2.54. The fraction of sp³-hybridized carbons (Fsp3) is 0.0667. The summed E-state index contributed by atoms with van der Waals surface area (Å²) >= 11 is 3.10. The van der Waals surface area contributed by atoms with Crippen LogP contribution in [0.4, 0.5) is 10.1 Å². The van der Waals surface area contributed by atoms with Gasteiger partial charge in [0, 0.05) is 4.47 Å². The van der Waals surface area contributed by atoms with Crippen LogP contribution < -0.4 is 5.32 Å². The Kier molecular flexibility index (Phi) is 4.37. The van der Waals surface area contributed by atoms with E-state index in [1.54, 1.807) is 19.1 Å². The molecular weight excluding hydrogens is 341 g/mol. The summed E-state index contributed by atoms with van der Waals surface area (Å²) in [6, 6.07) is 8.74. The van der Waals surface area contributed by atoms with Gasteiger partial charge in [0.05, 0.1) is 16.8 Å². The molecule has 0 unspecified atom stereocenters. The molecule has 0 saturated carbocycles. The number of carboxylic acid groups (broad SMARTS) is 1. The van der Waals surface area contributed by atoms with Crippen molar-refractivity contribution < 1.29 is 19.1 Å². The topological polar surface area (TPSA) is 66.4 Å². The average molecular weight is 352 g/mol. The first-order valence-corrected chi connectivity index (χ1v) is 6.78. The molecule has 1 amide bonds. The lowest BCUT2D eigenvalue weighted by Crippen LogP contribution is -2.16. The van der Waals surface area contributed by atoms with Crippen LogP contribution in [0.25, 0.3) is 0 Å². The number of aromatic carboxylic acids is 1. The summed E-state index contributed by atoms with van der Waals surface area (Å²) in [5.41, 5.74) is 0.478. The minimum atomic E-state index is -1.15. The van der Waals surface area contributed by atoms with Crippen LogP contribution in [0, 0.1) is 12.7 Å². The Hall–Kier alpha value is -2.21. The molecule has 108 valence electrons. The van der Waals surface area contributed by atoms with Crippen molar-refractivity contribution in [3.8, 4) is 0 Å². The number of carbonyl (C=O) groups is 2. The first-order valence-electron chi connectivity index (χ1n) is 5.99. The number of halogens is 2. The first kappa shape index (κ1) is 15.2. The monoisotopic (exact) mass is 351 g/mol. The van der Waals surface area contributed by atoms with Crippen molar-refractivity contribution in [2.45, 2.75) is 6.92 Å². The minimum Gasteiger partial charge on any atom is -0.478 e. The summed E-state index contributed by atoms with van der Waals surface area (Å²) in [6.07, 6.45) is 0. The molecule has 2 rings (SSSR count). The predicted molar refractivity (Wildman–Crippen MR) is 80.2 cm³/mol. The van der Waals surface area contributed by atoms with Gasteiger partial charge in [0.25, 0.3) is 5.91 Å². The van der Waals surface area contributed by atoms with E-state index in [-0.39, 0.29) is 16.8 Å². The zero-order chi connectivity index (χ0) is 15.6. The lowest BCUT2D eigenvalue weighted by molar-refractivity contribution is 0.0697. The summed E-state index contributed by atoms with van der Waals surface area (Å²) < 4.78 is 14.2. The molecule has 0 heterocycles. The van der Waals surface area contributed by atoms with Gasteiger partial charge >= 0.3 is 5.97 Å². The number of carboxylic acids is 1. The molecule has 0 aromatic heterocycles. The number of anilines is 1. The second kappa shape index (κ2) is 6.05. The van der Waals surface area contributed by atoms with Crippen LogP contribution in [0.2, 0.25) is 0 Å². The smallest absolute Gasteiger partial charge is 0.338 e. The van der Waals surface area contributed by atoms with E-state index in [4.69, 9.17) is 0 Å². The Morgan fingerprint density at radius 2 is 1.95 bits per heavy atom. The molecule has 0 aliphatic rings. The third kappa shape index (κ3) is 3.28. The molecule has 21 heavy (non-hydrogen) atoms. The number of aryl methyl sites for hydroxylation is 1. The van der Waals surface area contributed by atoms with E-state index in [9.17, 15) is 19.1 Å². The Labute approximate surface area is 128 Å². The van der Waals surface area contributed by atoms with E-state index in [1.165, 1.54) is 24.3 Å². The van der Waals surface area contributed by atoms with Crippen molar-refractivity contribution >= 4 is 33.5 Å². The van der Waals surface area contributed by atoms with Crippen molar-refractivity contribution in [3.63, 3.8) is 0 Å². The van der Waals surface area contributed by atoms with Crippen LogP contribution >= 0.6 is 15.9 Å². The van der Waals surface area contributed by atoms with Gasteiger partial charge in [-0.3, -0.25) is 4.79 Å². The highest BCUT2D eigenvalue weighted by Crippen LogP contribution is 2.22. The van der Waals surface area contributed by atoms with Gasteiger partial charge < -0.3 is 10.4 Å². The summed E-state index contributed by atoms with van der Waals surface area (Å²) in [4.78, 5) is 23.3. The van der Waals surface area contributed by atoms with Crippen molar-refractivity contribution in [2.75, 3.05) is 5.32 Å². The van der Waals surface area contributed by atoms with E-state index >= 15 is 0 Å². The maximum atomic E-state index is 13.7. The van der Waals surface area contributed by atoms with Crippen LogP contribution in [-0.4, -0.2) is 17.0 Å². The summed E-state index contributed by atoms with van der Waals surface area (Å²) in [5, 5.41) is 11.6. The third-order valence-electron chi connectivity index (χ3n) is 2.91. The molecule has 0 atom stereocenters. The molecule has 0 saturated heterocycles. The molecular formula is C15H11BrFNO3. The predicted octanol–water partition coefficient (Wildman–Crippen LogP) is 3.85. The molecule has 0 aliphatic carbocycles. The quantitative estimate of drug-likeness (QED) is 0.882. The van der Waals surface area contributed by atoms with Crippen molar-refractivity contribution in [3.05, 3.63) is 63.4 Å². The van der Waals surface area contributed by atoms with Gasteiger partial charge in [0.15, 0.2) is 0 Å². The number of amides is 1. The number of rotatable bonds is 3. The van der Waals surface area contributed by atoms with Gasteiger partial charge in [-0.25, -0.2) is 9.18 Å². The van der Waals surface area contributed by atoms with Crippen LogP contribution in [0.15, 0.2) is 40.9 Å². The Balaban J connectivity index is 2.36. The largest absolute Gasteiger partial charge is 0.478 e. The number of carbonyl (C=O) groups excluding carboxylic acids is 1. The van der Waals surface area contributed by atoms with Crippen molar-refractivity contribution in [1.82, 2.24) is 0 Å². The lowest BCUT2D eigenvalue weighted by Gasteiger charge is -2.11. The Morgan fingerprint density at radius 1 is 1.24 bits per heavy atom. The fourth-order valence-electron chi connectivity index (χ4n) is 1.92. The van der Waals surface area contributed by atoms with Crippen LogP contribution in [0.1, 0.15) is 26.3 Å². The van der Waals surface area contributed by atoms with E-state index in [0.717, 1.165) is 0 Å². The van der Waals surface area contributed by atoms with Gasteiger partial charge in [0.2, 0.25) is 0 Å². The number of hydrogen-bond acceptors (Lipinski definition) is 2.